The molecule has 0 saturated heterocycles. The molecule has 1 aromatic heterocycles. The lowest BCUT2D eigenvalue weighted by atomic mass is 10.2. The topological polar surface area (TPSA) is 135 Å². The highest BCUT2D eigenvalue weighted by atomic mass is 16.4. The second kappa shape index (κ2) is 4.56. The van der Waals surface area contributed by atoms with Gasteiger partial charge in [0.05, 0.1) is 0 Å². The quantitative estimate of drug-likeness (QED) is 0.658. The molecule has 0 aliphatic rings. The minimum atomic E-state index is -1.34. The van der Waals surface area contributed by atoms with Gasteiger partial charge in [0.15, 0.2) is 11.4 Å². The molecule has 0 atom stereocenters. The summed E-state index contributed by atoms with van der Waals surface area (Å²) in [5.41, 5.74) is -0.817. The minimum absolute atomic E-state index is 0. The molecular weight excluding hydrogens is 204 g/mol. The summed E-state index contributed by atoms with van der Waals surface area (Å²) >= 11 is 0. The first kappa shape index (κ1) is 13.1. The van der Waals surface area contributed by atoms with Crippen LogP contribution in [-0.4, -0.2) is 37.6 Å². The van der Waals surface area contributed by atoms with Crippen LogP contribution in [0.4, 0.5) is 0 Å². The fourth-order valence-electron chi connectivity index (χ4n) is 0.975. The number of carboxylic acids is 2. The molecule has 0 fully saturated rings. The highest BCUT2D eigenvalue weighted by molar-refractivity contribution is 5.98. The van der Waals surface area contributed by atoms with Crippen LogP contribution in [0, 0.1) is 0 Å². The summed E-state index contributed by atoms with van der Waals surface area (Å²) in [6.07, 6.45) is 0. The van der Waals surface area contributed by atoms with Gasteiger partial charge in [-0.05, 0) is 0 Å². The van der Waals surface area contributed by atoms with Crippen LogP contribution >= 0.6 is 0 Å². The number of nitrogens with zero attached hydrogens (tertiary/aromatic N) is 1. The Balaban J connectivity index is 0.00000196. The largest absolute Gasteiger partial charge is 0.477 e. The van der Waals surface area contributed by atoms with Crippen LogP contribution in [0.25, 0.3) is 0 Å². The molecule has 5 N–H and O–H groups in total. The highest BCUT2D eigenvalue weighted by Crippen LogP contribution is 2.14. The molecule has 1 heterocycles. The molecule has 15 heavy (non-hydrogen) atoms. The van der Waals surface area contributed by atoms with Crippen molar-refractivity contribution in [3.8, 4) is 0 Å². The third-order valence-electron chi connectivity index (χ3n) is 1.69. The van der Waals surface area contributed by atoms with E-state index in [-0.39, 0.29) is 17.1 Å². The Kier molecular flexibility index (Phi) is 3.98. The van der Waals surface area contributed by atoms with E-state index in [0.29, 0.717) is 5.82 Å². The number of aromatic carboxylic acids is 2. The van der Waals surface area contributed by atoms with E-state index < -0.39 is 17.6 Å². The van der Waals surface area contributed by atoms with Gasteiger partial charge in [0.25, 0.3) is 0 Å². The van der Waals surface area contributed by atoms with E-state index in [1.54, 1.807) is 13.8 Å². The van der Waals surface area contributed by atoms with Crippen molar-refractivity contribution >= 4 is 11.9 Å². The first-order valence-corrected chi connectivity index (χ1v) is 4.00. The predicted molar refractivity (Wildman–Crippen MR) is 50.2 cm³/mol. The molecule has 0 bridgehead atoms. The van der Waals surface area contributed by atoms with Crippen molar-refractivity contribution in [2.45, 2.75) is 19.8 Å². The van der Waals surface area contributed by atoms with Crippen LogP contribution in [0.1, 0.15) is 46.6 Å². The Labute approximate surface area is 85.1 Å². The van der Waals surface area contributed by atoms with E-state index in [1.807, 2.05) is 0 Å². The van der Waals surface area contributed by atoms with Crippen LogP contribution in [0.3, 0.4) is 0 Å². The summed E-state index contributed by atoms with van der Waals surface area (Å²) < 4.78 is 0. The Hall–Kier alpha value is -1.89. The van der Waals surface area contributed by atoms with E-state index in [1.165, 1.54) is 0 Å². The third-order valence-corrected chi connectivity index (χ3v) is 1.69. The van der Waals surface area contributed by atoms with Crippen molar-refractivity contribution in [1.82, 2.24) is 9.97 Å². The summed E-state index contributed by atoms with van der Waals surface area (Å²) in [6.45, 7) is 3.58. The molecule has 0 saturated carbocycles. The maximum Gasteiger partial charge on any atom is 0.357 e. The van der Waals surface area contributed by atoms with Crippen LogP contribution in [-0.2, 0) is 0 Å². The van der Waals surface area contributed by atoms with Crippen LogP contribution < -0.4 is 0 Å². The zero-order chi connectivity index (χ0) is 10.9. The van der Waals surface area contributed by atoms with Gasteiger partial charge < -0.3 is 20.7 Å². The van der Waals surface area contributed by atoms with E-state index >= 15 is 0 Å². The van der Waals surface area contributed by atoms with Gasteiger partial charge in [0.2, 0.25) is 0 Å². The van der Waals surface area contributed by atoms with Crippen LogP contribution in [0.5, 0.6) is 0 Å². The Morgan fingerprint density at radius 3 is 2.07 bits per heavy atom. The molecule has 7 heteroatoms. The van der Waals surface area contributed by atoms with Gasteiger partial charge in [-0.3, -0.25) is 0 Å². The maximum atomic E-state index is 10.6. The first-order chi connectivity index (χ1) is 6.43. The van der Waals surface area contributed by atoms with Crippen LogP contribution in [0.15, 0.2) is 0 Å². The van der Waals surface area contributed by atoms with Gasteiger partial charge in [-0.25, -0.2) is 14.6 Å². The number of aromatic amines is 1. The summed E-state index contributed by atoms with van der Waals surface area (Å²) in [5, 5.41) is 17.3. The number of rotatable bonds is 3. The lowest BCUT2D eigenvalue weighted by molar-refractivity contribution is 0.0644. The summed E-state index contributed by atoms with van der Waals surface area (Å²) in [5.74, 6) is -2.34. The van der Waals surface area contributed by atoms with Gasteiger partial charge in [-0.2, -0.15) is 0 Å². The van der Waals surface area contributed by atoms with E-state index in [0.717, 1.165) is 0 Å². The fourth-order valence-corrected chi connectivity index (χ4v) is 0.975. The smallest absolute Gasteiger partial charge is 0.357 e. The standard InChI is InChI=1S/C8H10N2O4.H2O/c1-3(2)6-9-4(7(11)12)5(10-6)8(13)14;/h3H,1-2H3,(H,9,10)(H,11,12)(H,13,14);1H2. The molecule has 0 amide bonds. The van der Waals surface area contributed by atoms with E-state index in [9.17, 15) is 9.59 Å². The molecule has 1 aromatic rings. The predicted octanol–water partition coefficient (Wildman–Crippen LogP) is 0.105. The van der Waals surface area contributed by atoms with E-state index in [2.05, 4.69) is 9.97 Å². The van der Waals surface area contributed by atoms with Gasteiger partial charge in [-0.15, -0.1) is 0 Å². The first-order valence-electron chi connectivity index (χ1n) is 4.00. The number of aromatic nitrogens is 2. The molecule has 7 nitrogen and oxygen atoms in total. The van der Waals surface area contributed by atoms with Crippen molar-refractivity contribution in [2.24, 2.45) is 0 Å². The summed E-state index contributed by atoms with van der Waals surface area (Å²) in [7, 11) is 0. The van der Waals surface area contributed by atoms with Crippen molar-refractivity contribution < 1.29 is 25.3 Å². The molecule has 0 spiro atoms. The molecule has 84 valence electrons. The van der Waals surface area contributed by atoms with Gasteiger partial charge >= 0.3 is 11.9 Å². The zero-order valence-corrected chi connectivity index (χ0v) is 8.24. The monoisotopic (exact) mass is 216 g/mol. The molecule has 0 radical (unpaired) electrons. The van der Waals surface area contributed by atoms with Crippen LogP contribution in [0.2, 0.25) is 0 Å². The van der Waals surface area contributed by atoms with Crippen molar-refractivity contribution in [2.75, 3.05) is 0 Å². The average molecular weight is 216 g/mol. The summed E-state index contributed by atoms with van der Waals surface area (Å²) in [6, 6.07) is 0. The fraction of sp³-hybridized carbons (Fsp3) is 0.375. The highest BCUT2D eigenvalue weighted by Gasteiger charge is 2.22. The lowest BCUT2D eigenvalue weighted by Crippen LogP contribution is -2.07. The van der Waals surface area contributed by atoms with E-state index in [4.69, 9.17) is 10.2 Å². The van der Waals surface area contributed by atoms with Gasteiger partial charge in [0.1, 0.15) is 5.82 Å². The average Bonchev–Trinajstić information content (AvgIpc) is 2.47. The Morgan fingerprint density at radius 1 is 1.27 bits per heavy atom. The molecule has 0 aliphatic heterocycles. The number of H-pyrrole nitrogens is 1. The Bertz CT molecular complexity index is 351. The Morgan fingerprint density at radius 2 is 1.80 bits per heavy atom. The third kappa shape index (κ3) is 2.53. The zero-order valence-electron chi connectivity index (χ0n) is 8.24. The van der Waals surface area contributed by atoms with Crippen molar-refractivity contribution in [3.63, 3.8) is 0 Å². The number of nitrogens with one attached hydrogen (secondary N) is 1. The van der Waals surface area contributed by atoms with Gasteiger partial charge in [0, 0.05) is 5.92 Å². The van der Waals surface area contributed by atoms with Crippen molar-refractivity contribution in [1.29, 1.82) is 0 Å². The molecule has 0 unspecified atom stereocenters. The number of imidazole rings is 1. The number of hydrogen-bond acceptors (Lipinski definition) is 3. The molecule has 1 rings (SSSR count). The van der Waals surface area contributed by atoms with Crippen molar-refractivity contribution in [3.05, 3.63) is 17.2 Å². The molecule has 0 aliphatic carbocycles. The molecular formula is C8H12N2O5. The molecule has 0 aromatic carbocycles. The maximum absolute atomic E-state index is 10.6. The van der Waals surface area contributed by atoms with Gasteiger partial charge in [-0.1, -0.05) is 13.8 Å². The lowest BCUT2D eigenvalue weighted by Gasteiger charge is -1.96. The number of carboxylic acid groups (broad SMARTS) is 2. The second-order valence-corrected chi connectivity index (χ2v) is 3.11. The second-order valence-electron chi connectivity index (χ2n) is 3.11. The minimum Gasteiger partial charge on any atom is -0.477 e. The number of carbonyl (C=O) groups is 2. The SMILES string of the molecule is CC(C)c1nc(C(=O)O)c(C(=O)O)[nH]1.O. The summed E-state index contributed by atoms with van der Waals surface area (Å²) in [4.78, 5) is 27.4. The number of hydrogen-bond donors (Lipinski definition) is 3. The normalized spacial score (nSPS) is 9.80.